The Bertz CT molecular complexity index is 478. The van der Waals surface area contributed by atoms with Crippen LogP contribution >= 0.6 is 0 Å². The number of amides is 1. The molecule has 1 aliphatic heterocycles. The lowest BCUT2D eigenvalue weighted by atomic mass is 9.95. The van der Waals surface area contributed by atoms with Crippen molar-refractivity contribution in [3.05, 3.63) is 34.9 Å². The molecular weight excluding hydrogens is 248 g/mol. The summed E-state index contributed by atoms with van der Waals surface area (Å²) in [5, 5.41) is 3.32. The summed E-state index contributed by atoms with van der Waals surface area (Å²) in [7, 11) is 1.93. The van der Waals surface area contributed by atoms with Crippen LogP contribution in [0.1, 0.15) is 42.5 Å². The second-order valence-electron chi connectivity index (χ2n) is 6.03. The van der Waals surface area contributed by atoms with E-state index in [4.69, 9.17) is 0 Å². The zero-order chi connectivity index (χ0) is 14.7. The highest BCUT2D eigenvalue weighted by Gasteiger charge is 2.27. The lowest BCUT2D eigenvalue weighted by Gasteiger charge is -2.32. The van der Waals surface area contributed by atoms with E-state index in [1.807, 2.05) is 11.9 Å². The van der Waals surface area contributed by atoms with Crippen LogP contribution in [-0.4, -0.2) is 30.9 Å². The van der Waals surface area contributed by atoms with Crippen molar-refractivity contribution in [1.82, 2.24) is 10.2 Å². The van der Waals surface area contributed by atoms with Crippen molar-refractivity contribution in [2.75, 3.05) is 20.1 Å². The fourth-order valence-electron chi connectivity index (χ4n) is 2.96. The number of hydrogen-bond donors (Lipinski definition) is 1. The van der Waals surface area contributed by atoms with E-state index in [1.54, 1.807) is 0 Å². The van der Waals surface area contributed by atoms with Gasteiger partial charge in [0.05, 0.1) is 12.0 Å². The summed E-state index contributed by atoms with van der Waals surface area (Å²) in [4.78, 5) is 14.5. The minimum atomic E-state index is 0.129. The van der Waals surface area contributed by atoms with Crippen molar-refractivity contribution in [3.8, 4) is 0 Å². The van der Waals surface area contributed by atoms with Crippen molar-refractivity contribution >= 4 is 5.91 Å². The Morgan fingerprint density at radius 2 is 2.15 bits per heavy atom. The standard InChI is InChI=1S/C17H26N2O/c1-12-7-8-13(2)16(10-12)14(3)19(4)17(20)15-6-5-9-18-11-15/h7-8,10,14-15,18H,5-6,9,11H2,1-4H3. The van der Waals surface area contributed by atoms with E-state index in [-0.39, 0.29) is 17.9 Å². The number of nitrogens with zero attached hydrogens (tertiary/aromatic N) is 1. The average molecular weight is 274 g/mol. The van der Waals surface area contributed by atoms with E-state index in [9.17, 15) is 4.79 Å². The van der Waals surface area contributed by atoms with Gasteiger partial charge in [0.1, 0.15) is 0 Å². The van der Waals surface area contributed by atoms with E-state index < -0.39 is 0 Å². The molecule has 20 heavy (non-hydrogen) atoms. The predicted molar refractivity (Wildman–Crippen MR) is 82.7 cm³/mol. The van der Waals surface area contributed by atoms with E-state index in [1.165, 1.54) is 16.7 Å². The Kier molecular flexibility index (Phi) is 4.81. The Morgan fingerprint density at radius 3 is 2.80 bits per heavy atom. The maximum Gasteiger partial charge on any atom is 0.227 e. The monoisotopic (exact) mass is 274 g/mol. The first-order chi connectivity index (χ1) is 9.50. The zero-order valence-electron chi connectivity index (χ0n) is 13.1. The van der Waals surface area contributed by atoms with Crippen LogP contribution in [0.2, 0.25) is 0 Å². The van der Waals surface area contributed by atoms with E-state index >= 15 is 0 Å². The van der Waals surface area contributed by atoms with Gasteiger partial charge in [-0.05, 0) is 51.3 Å². The third-order valence-corrected chi connectivity index (χ3v) is 4.46. The zero-order valence-corrected chi connectivity index (χ0v) is 13.1. The second kappa shape index (κ2) is 6.40. The first-order valence-corrected chi connectivity index (χ1v) is 7.55. The molecule has 1 fully saturated rings. The predicted octanol–water partition coefficient (Wildman–Crippen LogP) is 2.82. The lowest BCUT2D eigenvalue weighted by Crippen LogP contribution is -2.42. The molecule has 0 aromatic heterocycles. The van der Waals surface area contributed by atoms with Crippen LogP contribution < -0.4 is 5.32 Å². The summed E-state index contributed by atoms with van der Waals surface area (Å²) in [5.41, 5.74) is 3.76. The van der Waals surface area contributed by atoms with Gasteiger partial charge in [0.25, 0.3) is 0 Å². The third kappa shape index (κ3) is 3.21. The summed E-state index contributed by atoms with van der Waals surface area (Å²) in [6, 6.07) is 6.59. The number of carbonyl (C=O) groups excluding carboxylic acids is 1. The number of rotatable bonds is 3. The molecule has 1 saturated heterocycles. The Hall–Kier alpha value is -1.35. The molecule has 110 valence electrons. The van der Waals surface area contributed by atoms with Crippen molar-refractivity contribution < 1.29 is 4.79 Å². The van der Waals surface area contributed by atoms with Crippen molar-refractivity contribution in [2.24, 2.45) is 5.92 Å². The topological polar surface area (TPSA) is 32.3 Å². The summed E-state index contributed by atoms with van der Waals surface area (Å²) >= 11 is 0. The molecule has 1 aromatic rings. The van der Waals surface area contributed by atoms with Crippen LogP contribution in [0.5, 0.6) is 0 Å². The van der Waals surface area contributed by atoms with E-state index in [0.717, 1.165) is 25.9 Å². The summed E-state index contributed by atoms with van der Waals surface area (Å²) in [6.07, 6.45) is 2.11. The molecular formula is C17H26N2O. The largest absolute Gasteiger partial charge is 0.339 e. The molecule has 0 bridgehead atoms. The molecule has 2 unspecified atom stereocenters. The number of benzene rings is 1. The molecule has 2 rings (SSSR count). The fraction of sp³-hybridized carbons (Fsp3) is 0.588. The molecule has 0 spiro atoms. The van der Waals surface area contributed by atoms with Crippen LogP contribution in [0.3, 0.4) is 0 Å². The molecule has 2 atom stereocenters. The van der Waals surface area contributed by atoms with Crippen LogP contribution in [-0.2, 0) is 4.79 Å². The number of piperidine rings is 1. The summed E-state index contributed by atoms with van der Waals surface area (Å²) < 4.78 is 0. The van der Waals surface area contributed by atoms with Gasteiger partial charge in [0, 0.05) is 13.6 Å². The van der Waals surface area contributed by atoms with Gasteiger partial charge in [-0.3, -0.25) is 4.79 Å². The average Bonchev–Trinajstić information content (AvgIpc) is 2.48. The van der Waals surface area contributed by atoms with Crippen molar-refractivity contribution in [2.45, 2.75) is 39.7 Å². The third-order valence-electron chi connectivity index (χ3n) is 4.46. The Morgan fingerprint density at radius 1 is 1.40 bits per heavy atom. The molecule has 3 heteroatoms. The molecule has 3 nitrogen and oxygen atoms in total. The van der Waals surface area contributed by atoms with Gasteiger partial charge in [-0.25, -0.2) is 0 Å². The second-order valence-corrected chi connectivity index (χ2v) is 6.03. The number of nitrogens with one attached hydrogen (secondary N) is 1. The number of carbonyl (C=O) groups is 1. The van der Waals surface area contributed by atoms with Crippen LogP contribution in [0, 0.1) is 19.8 Å². The van der Waals surface area contributed by atoms with Gasteiger partial charge in [-0.2, -0.15) is 0 Å². The summed E-state index contributed by atoms with van der Waals surface area (Å²) in [6.45, 7) is 8.20. The maximum atomic E-state index is 12.6. The Labute approximate surface area is 122 Å². The first kappa shape index (κ1) is 15.0. The molecule has 1 aliphatic rings. The minimum Gasteiger partial charge on any atom is -0.339 e. The molecule has 1 aromatic carbocycles. The molecule has 1 N–H and O–H groups in total. The van der Waals surface area contributed by atoms with Crippen molar-refractivity contribution in [1.29, 1.82) is 0 Å². The lowest BCUT2D eigenvalue weighted by molar-refractivity contribution is -0.136. The van der Waals surface area contributed by atoms with Gasteiger partial charge in [0.15, 0.2) is 0 Å². The van der Waals surface area contributed by atoms with E-state index in [2.05, 4.69) is 44.3 Å². The SMILES string of the molecule is Cc1ccc(C)c(C(C)N(C)C(=O)C2CCCNC2)c1. The maximum absolute atomic E-state index is 12.6. The van der Waals surface area contributed by atoms with Gasteiger partial charge >= 0.3 is 0 Å². The van der Waals surface area contributed by atoms with Crippen LogP contribution in [0.4, 0.5) is 0 Å². The molecule has 0 aliphatic carbocycles. The fourth-order valence-corrected chi connectivity index (χ4v) is 2.96. The Balaban J connectivity index is 2.12. The van der Waals surface area contributed by atoms with E-state index in [0.29, 0.717) is 0 Å². The van der Waals surface area contributed by atoms with Crippen LogP contribution in [0.15, 0.2) is 18.2 Å². The molecule has 0 saturated carbocycles. The highest BCUT2D eigenvalue weighted by Crippen LogP contribution is 2.26. The normalized spacial score (nSPS) is 20.5. The van der Waals surface area contributed by atoms with Gasteiger partial charge < -0.3 is 10.2 Å². The number of hydrogen-bond acceptors (Lipinski definition) is 2. The van der Waals surface area contributed by atoms with Gasteiger partial charge in [-0.1, -0.05) is 23.8 Å². The molecule has 1 amide bonds. The quantitative estimate of drug-likeness (QED) is 0.919. The van der Waals surface area contributed by atoms with Gasteiger partial charge in [-0.15, -0.1) is 0 Å². The van der Waals surface area contributed by atoms with Crippen LogP contribution in [0.25, 0.3) is 0 Å². The summed E-state index contributed by atoms with van der Waals surface area (Å²) in [5.74, 6) is 0.409. The molecule has 1 heterocycles. The highest BCUT2D eigenvalue weighted by molar-refractivity contribution is 5.79. The number of aryl methyl sites for hydroxylation is 2. The smallest absolute Gasteiger partial charge is 0.227 e. The first-order valence-electron chi connectivity index (χ1n) is 7.55. The van der Waals surface area contributed by atoms with Crippen molar-refractivity contribution in [3.63, 3.8) is 0 Å². The highest BCUT2D eigenvalue weighted by atomic mass is 16.2. The minimum absolute atomic E-state index is 0.129. The molecule has 0 radical (unpaired) electrons. The van der Waals surface area contributed by atoms with Gasteiger partial charge in [0.2, 0.25) is 5.91 Å².